The zero-order chi connectivity index (χ0) is 38.4. The van der Waals surface area contributed by atoms with Crippen molar-refractivity contribution in [3.8, 4) is 50.2 Å². The average molecular weight is 752 g/mol. The van der Waals surface area contributed by atoms with Gasteiger partial charge in [0, 0.05) is 16.5 Å². The lowest BCUT2D eigenvalue weighted by atomic mass is 9.94. The van der Waals surface area contributed by atoms with Crippen LogP contribution in [0.3, 0.4) is 0 Å². The second-order valence-electron chi connectivity index (χ2n) is 13.0. The molecule has 9 rings (SSSR count). The van der Waals surface area contributed by atoms with Crippen LogP contribution in [0.5, 0.6) is 0 Å². The second kappa shape index (κ2) is 12.5. The quantitative estimate of drug-likeness (QED) is 0.0714. The van der Waals surface area contributed by atoms with Gasteiger partial charge in [0.15, 0.2) is 46.5 Å². The summed E-state index contributed by atoms with van der Waals surface area (Å²) in [5.41, 5.74) is 2.53. The summed E-state index contributed by atoms with van der Waals surface area (Å²) in [6, 6.07) is 32.3. The van der Waals surface area contributed by atoms with Gasteiger partial charge in [-0.2, -0.15) is 0 Å². The molecule has 0 bridgehead atoms. The SMILES string of the molecule is Fc1c(F)c(F)c(-c2ccc(-c3cc4ccc5cc(-c6ccc(-c7c(F)c(F)c(F)c(F)c7F)cc6)cc6c5c4c(c3)n6-c3ccccc3)cc2)c(F)c1F. The van der Waals surface area contributed by atoms with Crippen LogP contribution in [0.4, 0.5) is 43.9 Å². The predicted molar refractivity (Wildman–Crippen MR) is 191 cm³/mol. The minimum absolute atomic E-state index is 0.199. The molecule has 0 unspecified atom stereocenters. The van der Waals surface area contributed by atoms with Gasteiger partial charge >= 0.3 is 0 Å². The summed E-state index contributed by atoms with van der Waals surface area (Å²) in [5, 5.41) is 3.55. The Labute approximate surface area is 304 Å². The fourth-order valence-corrected chi connectivity index (χ4v) is 7.33. The molecule has 0 aliphatic heterocycles. The van der Waals surface area contributed by atoms with E-state index < -0.39 is 69.3 Å². The summed E-state index contributed by atoms with van der Waals surface area (Å²) in [4.78, 5) is 0. The van der Waals surface area contributed by atoms with Crippen molar-refractivity contribution in [3.63, 3.8) is 0 Å². The van der Waals surface area contributed by atoms with Crippen molar-refractivity contribution >= 4 is 32.6 Å². The Morgan fingerprint density at radius 3 is 0.982 bits per heavy atom. The lowest BCUT2D eigenvalue weighted by Crippen LogP contribution is -2.03. The molecule has 0 saturated heterocycles. The highest BCUT2D eigenvalue weighted by atomic mass is 19.2. The number of halogens is 10. The van der Waals surface area contributed by atoms with E-state index in [2.05, 4.69) is 0 Å². The Balaban J connectivity index is 1.19. The van der Waals surface area contributed by atoms with Gasteiger partial charge in [-0.15, -0.1) is 0 Å². The highest BCUT2D eigenvalue weighted by molar-refractivity contribution is 6.25. The van der Waals surface area contributed by atoms with E-state index in [4.69, 9.17) is 0 Å². The molecule has 55 heavy (non-hydrogen) atoms. The van der Waals surface area contributed by atoms with Crippen LogP contribution in [0.2, 0.25) is 0 Å². The molecule has 0 N–H and O–H groups in total. The molecule has 1 nitrogen and oxygen atoms in total. The highest BCUT2D eigenvalue weighted by Crippen LogP contribution is 2.44. The van der Waals surface area contributed by atoms with E-state index in [1.54, 1.807) is 0 Å². The van der Waals surface area contributed by atoms with E-state index in [1.807, 2.05) is 71.3 Å². The first kappa shape index (κ1) is 34.2. The zero-order valence-electron chi connectivity index (χ0n) is 27.7. The van der Waals surface area contributed by atoms with Crippen molar-refractivity contribution in [2.45, 2.75) is 0 Å². The number of hydrogen-bond acceptors (Lipinski definition) is 0. The van der Waals surface area contributed by atoms with Gasteiger partial charge in [0.2, 0.25) is 11.6 Å². The topological polar surface area (TPSA) is 4.93 Å². The number of hydrogen-bond donors (Lipinski definition) is 0. The van der Waals surface area contributed by atoms with Gasteiger partial charge in [-0.1, -0.05) is 78.9 Å². The third kappa shape index (κ3) is 5.10. The smallest absolute Gasteiger partial charge is 0.200 e. The van der Waals surface area contributed by atoms with E-state index in [9.17, 15) is 43.9 Å². The molecular formula is C44H19F10N. The fourth-order valence-electron chi connectivity index (χ4n) is 7.33. The molecule has 0 spiro atoms. The first-order valence-electron chi connectivity index (χ1n) is 16.6. The molecule has 0 amide bonds. The summed E-state index contributed by atoms with van der Waals surface area (Å²) in [7, 11) is 0. The molecule has 0 atom stereocenters. The number of para-hydroxylation sites is 1. The number of benzene rings is 8. The molecule has 0 aliphatic rings. The van der Waals surface area contributed by atoms with Gasteiger partial charge in [0.1, 0.15) is 0 Å². The minimum Gasteiger partial charge on any atom is -0.309 e. The van der Waals surface area contributed by atoms with Crippen LogP contribution in [0, 0.1) is 58.2 Å². The lowest BCUT2D eigenvalue weighted by molar-refractivity contribution is 0.381. The molecule has 0 saturated carbocycles. The third-order valence-electron chi connectivity index (χ3n) is 9.92. The van der Waals surface area contributed by atoms with Crippen molar-refractivity contribution in [1.29, 1.82) is 0 Å². The van der Waals surface area contributed by atoms with Crippen molar-refractivity contribution in [1.82, 2.24) is 4.57 Å². The van der Waals surface area contributed by atoms with Crippen LogP contribution in [-0.4, -0.2) is 4.57 Å². The van der Waals surface area contributed by atoms with E-state index in [1.165, 1.54) is 48.5 Å². The molecule has 0 fully saturated rings. The zero-order valence-corrected chi connectivity index (χ0v) is 27.7. The molecule has 270 valence electrons. The maximum atomic E-state index is 14.6. The maximum Gasteiger partial charge on any atom is 0.200 e. The molecule has 11 heteroatoms. The Morgan fingerprint density at radius 1 is 0.291 bits per heavy atom. The first-order valence-corrected chi connectivity index (χ1v) is 16.6. The van der Waals surface area contributed by atoms with Gasteiger partial charge in [-0.25, -0.2) is 43.9 Å². The van der Waals surface area contributed by atoms with Crippen LogP contribution < -0.4 is 0 Å². The minimum atomic E-state index is -2.24. The molecule has 0 aliphatic carbocycles. The fraction of sp³-hybridized carbons (Fsp3) is 0. The van der Waals surface area contributed by atoms with Crippen LogP contribution in [0.15, 0.2) is 115 Å². The standard InChI is InChI=1S/C44H19F10N/c45-35-33(36(46)40(50)43(53)39(35)49)22-10-6-20(7-11-22)26-16-24-14-15-25-17-27(19-30-32(25)31(24)29(18-26)55(30)28-4-2-1-3-5-28)21-8-12-23(13-9-21)34-37(47)41(51)44(54)42(52)38(34)48/h1-19H. The Morgan fingerprint density at radius 2 is 0.618 bits per heavy atom. The van der Waals surface area contributed by atoms with Gasteiger partial charge in [0.25, 0.3) is 0 Å². The van der Waals surface area contributed by atoms with E-state index in [0.717, 1.165) is 38.3 Å². The molecule has 9 aromatic rings. The number of rotatable bonds is 5. The van der Waals surface area contributed by atoms with Gasteiger partial charge in [-0.3, -0.25) is 0 Å². The molecule has 8 aromatic carbocycles. The molecule has 0 radical (unpaired) electrons. The van der Waals surface area contributed by atoms with Crippen molar-refractivity contribution < 1.29 is 43.9 Å². The van der Waals surface area contributed by atoms with Gasteiger partial charge in [0.05, 0.1) is 22.2 Å². The van der Waals surface area contributed by atoms with E-state index in [0.29, 0.717) is 22.3 Å². The summed E-state index contributed by atoms with van der Waals surface area (Å²) in [5.74, 6) is -20.3. The van der Waals surface area contributed by atoms with Crippen molar-refractivity contribution in [3.05, 3.63) is 173 Å². The molecule has 1 aromatic heterocycles. The maximum absolute atomic E-state index is 14.6. The predicted octanol–water partition coefficient (Wildman–Crippen LogP) is 13.4. The second-order valence-corrected chi connectivity index (χ2v) is 13.0. The van der Waals surface area contributed by atoms with Crippen LogP contribution >= 0.6 is 0 Å². The Kier molecular flexibility index (Phi) is 7.75. The summed E-state index contributed by atoms with van der Waals surface area (Å²) >= 11 is 0. The van der Waals surface area contributed by atoms with E-state index in [-0.39, 0.29) is 11.1 Å². The summed E-state index contributed by atoms with van der Waals surface area (Å²) in [6.45, 7) is 0. The Hall–Kier alpha value is -6.62. The highest BCUT2D eigenvalue weighted by Gasteiger charge is 2.28. The molecule has 1 heterocycles. The summed E-state index contributed by atoms with van der Waals surface area (Å²) < 4.78 is 144. The van der Waals surface area contributed by atoms with Crippen LogP contribution in [0.1, 0.15) is 0 Å². The molecular weight excluding hydrogens is 732 g/mol. The number of nitrogens with zero attached hydrogens (tertiary/aromatic N) is 1. The van der Waals surface area contributed by atoms with Gasteiger partial charge < -0.3 is 4.57 Å². The van der Waals surface area contributed by atoms with Crippen molar-refractivity contribution in [2.75, 3.05) is 0 Å². The average Bonchev–Trinajstić information content (AvgIpc) is 3.55. The van der Waals surface area contributed by atoms with Crippen LogP contribution in [0.25, 0.3) is 82.8 Å². The normalized spacial score (nSPS) is 11.8. The first-order chi connectivity index (χ1) is 26.4. The number of aromatic nitrogens is 1. The summed E-state index contributed by atoms with van der Waals surface area (Å²) in [6.07, 6.45) is 0. The van der Waals surface area contributed by atoms with Crippen LogP contribution in [-0.2, 0) is 0 Å². The largest absolute Gasteiger partial charge is 0.309 e. The third-order valence-corrected chi connectivity index (χ3v) is 9.92. The van der Waals surface area contributed by atoms with E-state index >= 15 is 0 Å². The van der Waals surface area contributed by atoms with Crippen molar-refractivity contribution in [2.24, 2.45) is 0 Å². The van der Waals surface area contributed by atoms with Gasteiger partial charge in [-0.05, 0) is 80.6 Å². The Bertz CT molecular complexity index is 2760. The lowest BCUT2D eigenvalue weighted by Gasteiger charge is -2.11. The monoisotopic (exact) mass is 751 g/mol.